The number of nitrogens with zero attached hydrogens (tertiary/aromatic N) is 2. The van der Waals surface area contributed by atoms with E-state index in [1.807, 2.05) is 50.2 Å². The Morgan fingerprint density at radius 3 is 2.27 bits per heavy atom. The van der Waals surface area contributed by atoms with Gasteiger partial charge < -0.3 is 0 Å². The summed E-state index contributed by atoms with van der Waals surface area (Å²) in [6, 6.07) is 20.4. The fraction of sp³-hybridized carbons (Fsp3) is 0.125. The SMILES string of the molecule is Cc1cc(C)cc(CC(=O)Nn2nc(-c3ccc(Cl)cc3)c3ccccc3c2=O)c1. The van der Waals surface area contributed by atoms with Crippen LogP contribution in [0.25, 0.3) is 22.0 Å². The third kappa shape index (κ3) is 4.11. The van der Waals surface area contributed by atoms with E-state index in [9.17, 15) is 9.59 Å². The minimum Gasteiger partial charge on any atom is -0.273 e. The number of nitrogens with one attached hydrogen (secondary N) is 1. The lowest BCUT2D eigenvalue weighted by Crippen LogP contribution is -2.36. The lowest BCUT2D eigenvalue weighted by molar-refractivity contribution is -0.116. The largest absolute Gasteiger partial charge is 0.294 e. The Bertz CT molecular complexity index is 1290. The molecule has 4 aromatic rings. The van der Waals surface area contributed by atoms with Crippen LogP contribution in [0.3, 0.4) is 0 Å². The zero-order valence-electron chi connectivity index (χ0n) is 16.6. The smallest absolute Gasteiger partial charge is 0.273 e. The van der Waals surface area contributed by atoms with Crippen LogP contribution >= 0.6 is 11.6 Å². The van der Waals surface area contributed by atoms with Crippen LogP contribution < -0.4 is 11.0 Å². The predicted octanol–water partition coefficient (Wildman–Crippen LogP) is 4.65. The number of amides is 1. The molecule has 150 valence electrons. The summed E-state index contributed by atoms with van der Waals surface area (Å²) in [7, 11) is 0. The third-order valence-corrected chi connectivity index (χ3v) is 5.05. The van der Waals surface area contributed by atoms with Crippen molar-refractivity contribution in [3.63, 3.8) is 0 Å². The molecule has 0 unspecified atom stereocenters. The first-order valence-electron chi connectivity index (χ1n) is 9.56. The maximum Gasteiger partial charge on any atom is 0.294 e. The quantitative estimate of drug-likeness (QED) is 0.525. The third-order valence-electron chi connectivity index (χ3n) is 4.80. The summed E-state index contributed by atoms with van der Waals surface area (Å²) in [6.45, 7) is 3.98. The molecule has 5 nitrogen and oxygen atoms in total. The number of halogens is 1. The van der Waals surface area contributed by atoms with Gasteiger partial charge in [0.15, 0.2) is 0 Å². The molecule has 1 aromatic heterocycles. The molecule has 4 rings (SSSR count). The van der Waals surface area contributed by atoms with Gasteiger partial charge in [0.1, 0.15) is 5.69 Å². The number of carbonyl (C=O) groups is 1. The van der Waals surface area contributed by atoms with Crippen molar-refractivity contribution in [2.45, 2.75) is 20.3 Å². The van der Waals surface area contributed by atoms with E-state index in [-0.39, 0.29) is 17.9 Å². The van der Waals surface area contributed by atoms with Crippen molar-refractivity contribution in [2.24, 2.45) is 0 Å². The molecule has 0 fully saturated rings. The molecular weight excluding hydrogens is 398 g/mol. The number of aromatic nitrogens is 2. The fourth-order valence-electron chi connectivity index (χ4n) is 3.60. The number of hydrogen-bond donors (Lipinski definition) is 1. The lowest BCUT2D eigenvalue weighted by Gasteiger charge is -2.12. The topological polar surface area (TPSA) is 64.0 Å². The van der Waals surface area contributed by atoms with Crippen molar-refractivity contribution in [1.82, 2.24) is 9.89 Å². The average Bonchev–Trinajstić information content (AvgIpc) is 2.70. The average molecular weight is 418 g/mol. The van der Waals surface area contributed by atoms with Crippen molar-refractivity contribution >= 4 is 28.3 Å². The molecular formula is C24H20ClN3O2. The Balaban J connectivity index is 1.73. The Kier molecular flexibility index (Phi) is 5.38. The van der Waals surface area contributed by atoms with Crippen molar-refractivity contribution in [3.05, 3.63) is 98.8 Å². The van der Waals surface area contributed by atoms with Crippen LogP contribution in [-0.2, 0) is 11.2 Å². The standard InChI is InChI=1S/C24H20ClN3O2/c1-15-11-16(2)13-17(12-15)14-22(29)26-28-24(30)21-6-4-3-5-20(21)23(27-28)18-7-9-19(25)10-8-18/h3-13H,14H2,1-2H3,(H,26,29). The molecule has 0 radical (unpaired) electrons. The number of fused-ring (bicyclic) bond motifs is 1. The summed E-state index contributed by atoms with van der Waals surface area (Å²) in [5.74, 6) is -0.313. The van der Waals surface area contributed by atoms with E-state index in [1.165, 1.54) is 0 Å². The second-order valence-corrected chi connectivity index (χ2v) is 7.76. The summed E-state index contributed by atoms with van der Waals surface area (Å²) in [5, 5.41) is 6.24. The summed E-state index contributed by atoms with van der Waals surface area (Å²) in [6.07, 6.45) is 0.153. The lowest BCUT2D eigenvalue weighted by atomic mass is 10.0. The van der Waals surface area contributed by atoms with E-state index in [0.717, 1.165) is 27.0 Å². The first-order valence-corrected chi connectivity index (χ1v) is 9.93. The van der Waals surface area contributed by atoms with Gasteiger partial charge in [-0.2, -0.15) is 0 Å². The molecule has 30 heavy (non-hydrogen) atoms. The predicted molar refractivity (Wildman–Crippen MR) is 120 cm³/mol. The van der Waals surface area contributed by atoms with Crippen LogP contribution in [0.15, 0.2) is 71.5 Å². The number of aryl methyl sites for hydroxylation is 2. The molecule has 1 amide bonds. The molecule has 6 heteroatoms. The van der Waals surface area contributed by atoms with E-state index in [4.69, 9.17) is 11.6 Å². The van der Waals surface area contributed by atoms with Gasteiger partial charge in [-0.05, 0) is 37.6 Å². The molecule has 1 N–H and O–H groups in total. The molecule has 0 saturated carbocycles. The summed E-state index contributed by atoms with van der Waals surface area (Å²) >= 11 is 6.01. The van der Waals surface area contributed by atoms with Crippen LogP contribution in [0.1, 0.15) is 16.7 Å². The van der Waals surface area contributed by atoms with Gasteiger partial charge in [-0.1, -0.05) is 71.3 Å². The summed E-state index contributed by atoms with van der Waals surface area (Å²) in [4.78, 5) is 26.6. The summed E-state index contributed by atoms with van der Waals surface area (Å²) in [5.41, 5.74) is 6.71. The summed E-state index contributed by atoms with van der Waals surface area (Å²) < 4.78 is 0. The van der Waals surface area contributed by atoms with Crippen LogP contribution in [-0.4, -0.2) is 15.8 Å². The molecule has 0 spiro atoms. The van der Waals surface area contributed by atoms with Gasteiger partial charge in [0.05, 0.1) is 11.8 Å². The van der Waals surface area contributed by atoms with Crippen LogP contribution in [0.5, 0.6) is 0 Å². The van der Waals surface area contributed by atoms with Gasteiger partial charge in [-0.3, -0.25) is 9.59 Å². The second-order valence-electron chi connectivity index (χ2n) is 7.33. The maximum atomic E-state index is 12.9. The van der Waals surface area contributed by atoms with Crippen molar-refractivity contribution < 1.29 is 4.79 Å². The molecule has 0 aliphatic heterocycles. The number of hydrogen-bond acceptors (Lipinski definition) is 3. The first-order chi connectivity index (χ1) is 14.4. The monoisotopic (exact) mass is 417 g/mol. The Labute approximate surface area is 178 Å². The van der Waals surface area contributed by atoms with Crippen molar-refractivity contribution in [2.75, 3.05) is 5.43 Å². The minimum atomic E-state index is -0.378. The van der Waals surface area contributed by atoms with E-state index in [1.54, 1.807) is 24.3 Å². The van der Waals surface area contributed by atoms with Gasteiger partial charge in [0.25, 0.3) is 5.56 Å². The second kappa shape index (κ2) is 8.13. The van der Waals surface area contributed by atoms with E-state index in [0.29, 0.717) is 21.5 Å². The maximum absolute atomic E-state index is 12.9. The molecule has 0 saturated heterocycles. The highest BCUT2D eigenvalue weighted by atomic mass is 35.5. The Hall–Kier alpha value is -3.44. The molecule has 0 aliphatic carbocycles. The first kappa shape index (κ1) is 19.9. The number of benzene rings is 3. The molecule has 0 bridgehead atoms. The molecule has 3 aromatic carbocycles. The number of rotatable bonds is 4. The fourth-order valence-corrected chi connectivity index (χ4v) is 3.73. The highest BCUT2D eigenvalue weighted by molar-refractivity contribution is 6.30. The highest BCUT2D eigenvalue weighted by Gasteiger charge is 2.14. The van der Waals surface area contributed by atoms with Gasteiger partial charge in [-0.25, -0.2) is 5.43 Å². The van der Waals surface area contributed by atoms with Gasteiger partial charge >= 0.3 is 0 Å². The van der Waals surface area contributed by atoms with E-state index < -0.39 is 0 Å². The Morgan fingerprint density at radius 2 is 1.60 bits per heavy atom. The zero-order chi connectivity index (χ0) is 21.3. The van der Waals surface area contributed by atoms with E-state index >= 15 is 0 Å². The molecule has 0 atom stereocenters. The molecule has 0 aliphatic rings. The normalized spacial score (nSPS) is 10.9. The zero-order valence-corrected chi connectivity index (χ0v) is 17.4. The van der Waals surface area contributed by atoms with E-state index in [2.05, 4.69) is 16.6 Å². The van der Waals surface area contributed by atoms with Crippen LogP contribution in [0.2, 0.25) is 5.02 Å². The van der Waals surface area contributed by atoms with Crippen molar-refractivity contribution in [1.29, 1.82) is 0 Å². The van der Waals surface area contributed by atoms with Gasteiger partial charge in [0.2, 0.25) is 5.91 Å². The van der Waals surface area contributed by atoms with Crippen molar-refractivity contribution in [3.8, 4) is 11.3 Å². The van der Waals surface area contributed by atoms with Gasteiger partial charge in [-0.15, -0.1) is 9.89 Å². The van der Waals surface area contributed by atoms with Crippen LogP contribution in [0.4, 0.5) is 0 Å². The highest BCUT2D eigenvalue weighted by Crippen LogP contribution is 2.25. The molecule has 1 heterocycles. The Morgan fingerprint density at radius 1 is 0.967 bits per heavy atom. The van der Waals surface area contributed by atoms with Crippen LogP contribution in [0, 0.1) is 13.8 Å². The number of carbonyl (C=O) groups excluding carboxylic acids is 1. The van der Waals surface area contributed by atoms with Gasteiger partial charge in [0, 0.05) is 16.0 Å². The minimum absolute atomic E-state index is 0.153.